The molecule has 4 heteroatoms. The van der Waals surface area contributed by atoms with E-state index >= 15 is 0 Å². The molecule has 4 rings (SSSR count). The third kappa shape index (κ3) is 3.56. The van der Waals surface area contributed by atoms with Gasteiger partial charge in [0.05, 0.1) is 11.6 Å². The molecule has 2 heterocycles. The summed E-state index contributed by atoms with van der Waals surface area (Å²) in [5.74, 6) is 0.399. The van der Waals surface area contributed by atoms with E-state index in [-0.39, 0.29) is 11.2 Å². The molecule has 0 spiro atoms. The van der Waals surface area contributed by atoms with E-state index in [9.17, 15) is 9.59 Å². The van der Waals surface area contributed by atoms with E-state index < -0.39 is 0 Å². The third-order valence-electron chi connectivity index (χ3n) is 5.24. The Labute approximate surface area is 157 Å². The smallest absolute Gasteiger partial charge is 0.192 e. The van der Waals surface area contributed by atoms with Gasteiger partial charge in [-0.2, -0.15) is 0 Å². The van der Waals surface area contributed by atoms with Gasteiger partial charge in [-0.15, -0.1) is 0 Å². The van der Waals surface area contributed by atoms with Crippen molar-refractivity contribution in [2.24, 2.45) is 0 Å². The van der Waals surface area contributed by atoms with Crippen LogP contribution in [0.1, 0.15) is 35.2 Å². The Morgan fingerprint density at radius 3 is 2.78 bits per heavy atom. The normalized spacial score (nSPS) is 17.4. The second-order valence-corrected chi connectivity index (χ2v) is 6.99. The van der Waals surface area contributed by atoms with E-state index in [2.05, 4.69) is 29.2 Å². The second kappa shape index (κ2) is 7.23. The molecule has 1 unspecified atom stereocenters. The lowest BCUT2D eigenvalue weighted by atomic mass is 9.99. The zero-order chi connectivity index (χ0) is 18.8. The molecular weight excluding hydrogens is 338 g/mol. The summed E-state index contributed by atoms with van der Waals surface area (Å²) in [7, 11) is 0. The SMILES string of the molecule is C/C(=C\C(=O)c1ccc2occc(=O)c2c1)N1CCC(c2ccccc2)C1. The number of benzene rings is 2. The highest BCUT2D eigenvalue weighted by atomic mass is 16.3. The number of carbonyl (C=O) groups is 1. The lowest BCUT2D eigenvalue weighted by Crippen LogP contribution is -2.19. The monoisotopic (exact) mass is 359 g/mol. The molecule has 1 aliphatic rings. The van der Waals surface area contributed by atoms with Crippen LogP contribution in [0.3, 0.4) is 0 Å². The Kier molecular flexibility index (Phi) is 4.63. The molecule has 1 saturated heterocycles. The number of carbonyl (C=O) groups excluding carboxylic acids is 1. The van der Waals surface area contributed by atoms with Crippen LogP contribution in [0, 0.1) is 0 Å². The Hall–Kier alpha value is -3.14. The van der Waals surface area contributed by atoms with Crippen molar-refractivity contribution in [1.29, 1.82) is 0 Å². The molecular formula is C23H21NO3. The van der Waals surface area contributed by atoms with Crippen molar-refractivity contribution < 1.29 is 9.21 Å². The third-order valence-corrected chi connectivity index (χ3v) is 5.24. The topological polar surface area (TPSA) is 50.5 Å². The van der Waals surface area contributed by atoms with Crippen LogP contribution in [0.2, 0.25) is 0 Å². The Morgan fingerprint density at radius 1 is 1.15 bits per heavy atom. The van der Waals surface area contributed by atoms with E-state index in [0.29, 0.717) is 22.5 Å². The number of rotatable bonds is 4. The van der Waals surface area contributed by atoms with Crippen molar-refractivity contribution in [3.05, 3.63) is 94.0 Å². The fourth-order valence-electron chi connectivity index (χ4n) is 3.68. The quantitative estimate of drug-likeness (QED) is 0.513. The lowest BCUT2D eigenvalue weighted by Gasteiger charge is -2.19. The fraction of sp³-hybridized carbons (Fsp3) is 0.217. The summed E-state index contributed by atoms with van der Waals surface area (Å²) < 4.78 is 5.31. The van der Waals surface area contributed by atoms with Gasteiger partial charge >= 0.3 is 0 Å². The van der Waals surface area contributed by atoms with Gasteiger partial charge in [0.25, 0.3) is 0 Å². The molecule has 1 aliphatic heterocycles. The molecule has 0 amide bonds. The number of ketones is 1. The van der Waals surface area contributed by atoms with Crippen molar-refractivity contribution in [2.45, 2.75) is 19.3 Å². The van der Waals surface area contributed by atoms with Crippen LogP contribution < -0.4 is 5.43 Å². The number of fused-ring (bicyclic) bond motifs is 1. The highest BCUT2D eigenvalue weighted by Crippen LogP contribution is 2.29. The fourth-order valence-corrected chi connectivity index (χ4v) is 3.68. The van der Waals surface area contributed by atoms with Crippen LogP contribution in [0.25, 0.3) is 11.0 Å². The molecule has 3 aromatic rings. The molecule has 0 radical (unpaired) electrons. The predicted octanol–water partition coefficient (Wildman–Crippen LogP) is 4.37. The zero-order valence-corrected chi connectivity index (χ0v) is 15.2. The number of hydrogen-bond donors (Lipinski definition) is 0. The first-order valence-electron chi connectivity index (χ1n) is 9.16. The van der Waals surface area contributed by atoms with Gasteiger partial charge in [-0.3, -0.25) is 9.59 Å². The molecule has 0 N–H and O–H groups in total. The number of hydrogen-bond acceptors (Lipinski definition) is 4. The molecule has 27 heavy (non-hydrogen) atoms. The minimum absolute atomic E-state index is 0.0965. The second-order valence-electron chi connectivity index (χ2n) is 6.99. The summed E-state index contributed by atoms with van der Waals surface area (Å²) in [4.78, 5) is 26.9. The maximum atomic E-state index is 12.7. The molecule has 2 aromatic carbocycles. The van der Waals surface area contributed by atoms with E-state index in [1.807, 2.05) is 13.0 Å². The predicted molar refractivity (Wildman–Crippen MR) is 106 cm³/mol. The van der Waals surface area contributed by atoms with Crippen molar-refractivity contribution in [3.8, 4) is 0 Å². The van der Waals surface area contributed by atoms with E-state index in [4.69, 9.17) is 4.42 Å². The van der Waals surface area contributed by atoms with Gasteiger partial charge in [0, 0.05) is 42.4 Å². The number of allylic oxidation sites excluding steroid dienone is 2. The standard InChI is InChI=1S/C23H21NO3/c1-16(24-11-9-19(15-24)17-5-3-2-4-6-17)13-22(26)18-7-8-23-20(14-18)21(25)10-12-27-23/h2-8,10,12-14,19H,9,11,15H2,1H3/b16-13+. The first kappa shape index (κ1) is 17.3. The van der Waals surface area contributed by atoms with Gasteiger partial charge in [0.15, 0.2) is 11.2 Å². The average Bonchev–Trinajstić information content (AvgIpc) is 3.19. The lowest BCUT2D eigenvalue weighted by molar-refractivity contribution is 0.104. The Balaban J connectivity index is 1.52. The summed E-state index contributed by atoms with van der Waals surface area (Å²) in [6, 6.07) is 16.9. The molecule has 1 fully saturated rings. The Morgan fingerprint density at radius 2 is 1.96 bits per heavy atom. The van der Waals surface area contributed by atoms with E-state index in [1.165, 1.54) is 17.9 Å². The molecule has 1 atom stereocenters. The van der Waals surface area contributed by atoms with Crippen LogP contribution in [0.15, 0.2) is 81.8 Å². The first-order valence-corrected chi connectivity index (χ1v) is 9.16. The summed E-state index contributed by atoms with van der Waals surface area (Å²) >= 11 is 0. The van der Waals surface area contributed by atoms with Gasteiger partial charge in [-0.05, 0) is 37.1 Å². The van der Waals surface area contributed by atoms with Gasteiger partial charge in [0.2, 0.25) is 0 Å². The first-order chi connectivity index (χ1) is 13.1. The number of nitrogens with zero attached hydrogens (tertiary/aromatic N) is 1. The van der Waals surface area contributed by atoms with Gasteiger partial charge in [-0.1, -0.05) is 30.3 Å². The molecule has 136 valence electrons. The minimum atomic E-state index is -0.142. The van der Waals surface area contributed by atoms with Crippen molar-refractivity contribution in [1.82, 2.24) is 4.90 Å². The average molecular weight is 359 g/mol. The van der Waals surface area contributed by atoms with Crippen LogP contribution in [0.4, 0.5) is 0 Å². The maximum absolute atomic E-state index is 12.7. The van der Waals surface area contributed by atoms with Gasteiger partial charge in [0.1, 0.15) is 5.58 Å². The highest BCUT2D eigenvalue weighted by Gasteiger charge is 2.24. The van der Waals surface area contributed by atoms with Crippen molar-refractivity contribution >= 4 is 16.8 Å². The van der Waals surface area contributed by atoms with Crippen LogP contribution in [-0.4, -0.2) is 23.8 Å². The van der Waals surface area contributed by atoms with E-state index in [0.717, 1.165) is 25.2 Å². The van der Waals surface area contributed by atoms with Crippen molar-refractivity contribution in [3.63, 3.8) is 0 Å². The Bertz CT molecular complexity index is 1070. The molecule has 1 aromatic heterocycles. The molecule has 0 aliphatic carbocycles. The maximum Gasteiger partial charge on any atom is 0.192 e. The molecule has 0 bridgehead atoms. The van der Waals surface area contributed by atoms with Crippen LogP contribution >= 0.6 is 0 Å². The van der Waals surface area contributed by atoms with Crippen LogP contribution in [0.5, 0.6) is 0 Å². The van der Waals surface area contributed by atoms with Crippen LogP contribution in [-0.2, 0) is 0 Å². The zero-order valence-electron chi connectivity index (χ0n) is 15.2. The largest absolute Gasteiger partial charge is 0.464 e. The summed E-state index contributed by atoms with van der Waals surface area (Å²) in [5.41, 5.74) is 3.15. The summed E-state index contributed by atoms with van der Waals surface area (Å²) in [6.07, 6.45) is 4.12. The molecule has 4 nitrogen and oxygen atoms in total. The highest BCUT2D eigenvalue weighted by molar-refractivity contribution is 6.06. The minimum Gasteiger partial charge on any atom is -0.464 e. The number of likely N-dealkylation sites (tertiary alicyclic amines) is 1. The van der Waals surface area contributed by atoms with Gasteiger partial charge in [-0.25, -0.2) is 0 Å². The van der Waals surface area contributed by atoms with E-state index in [1.54, 1.807) is 24.3 Å². The molecule has 0 saturated carbocycles. The van der Waals surface area contributed by atoms with Crippen molar-refractivity contribution in [2.75, 3.05) is 13.1 Å². The summed E-state index contributed by atoms with van der Waals surface area (Å²) in [5, 5.41) is 0.430. The van der Waals surface area contributed by atoms with Gasteiger partial charge < -0.3 is 9.32 Å². The summed E-state index contributed by atoms with van der Waals surface area (Å²) in [6.45, 7) is 3.83.